The minimum atomic E-state index is -3.46. The van der Waals surface area contributed by atoms with Crippen molar-refractivity contribution in [3.05, 3.63) is 29.8 Å². The molecule has 0 saturated heterocycles. The number of sulfonamides is 1. The third kappa shape index (κ3) is 5.07. The van der Waals surface area contributed by atoms with E-state index in [1.807, 2.05) is 0 Å². The predicted octanol–water partition coefficient (Wildman–Crippen LogP) is 1.77. The summed E-state index contributed by atoms with van der Waals surface area (Å²) in [6.07, 6.45) is 6.19. The van der Waals surface area contributed by atoms with Crippen LogP contribution in [0.3, 0.4) is 0 Å². The molecule has 0 aromatic heterocycles. The van der Waals surface area contributed by atoms with E-state index in [-0.39, 0.29) is 4.90 Å². The molecule has 118 valence electrons. The van der Waals surface area contributed by atoms with E-state index in [4.69, 9.17) is 10.5 Å². The first-order valence-corrected chi connectivity index (χ1v) is 9.00. The second-order valence-electron chi connectivity index (χ2n) is 5.38. The van der Waals surface area contributed by atoms with E-state index in [1.54, 1.807) is 24.3 Å². The molecule has 1 aliphatic carbocycles. The van der Waals surface area contributed by atoms with Crippen LogP contribution in [0.2, 0.25) is 0 Å². The molecule has 0 amide bonds. The lowest BCUT2D eigenvalue weighted by Crippen LogP contribution is -2.29. The fourth-order valence-electron chi connectivity index (χ4n) is 2.52. The monoisotopic (exact) mass is 312 g/mol. The SMILES string of the molecule is NCc1ccc(S(=O)(=O)NCCOC2CCCCC2)cc1. The summed E-state index contributed by atoms with van der Waals surface area (Å²) in [5, 5.41) is 0. The number of benzene rings is 1. The minimum absolute atomic E-state index is 0.261. The minimum Gasteiger partial charge on any atom is -0.377 e. The van der Waals surface area contributed by atoms with Crippen LogP contribution in [0.25, 0.3) is 0 Å². The van der Waals surface area contributed by atoms with Crippen LogP contribution in [0.1, 0.15) is 37.7 Å². The Balaban J connectivity index is 1.77. The summed E-state index contributed by atoms with van der Waals surface area (Å²) in [7, 11) is -3.46. The van der Waals surface area contributed by atoms with Gasteiger partial charge in [0.15, 0.2) is 0 Å². The van der Waals surface area contributed by atoms with Crippen LogP contribution >= 0.6 is 0 Å². The second-order valence-corrected chi connectivity index (χ2v) is 7.14. The number of nitrogens with one attached hydrogen (secondary N) is 1. The highest BCUT2D eigenvalue weighted by molar-refractivity contribution is 7.89. The molecule has 1 aromatic carbocycles. The molecule has 0 unspecified atom stereocenters. The summed E-state index contributed by atoms with van der Waals surface area (Å²) in [6, 6.07) is 6.61. The first kappa shape index (κ1) is 16.4. The van der Waals surface area contributed by atoms with Crippen molar-refractivity contribution in [1.29, 1.82) is 0 Å². The standard InChI is InChI=1S/C15H24N2O3S/c16-12-13-6-8-15(9-7-13)21(18,19)17-10-11-20-14-4-2-1-3-5-14/h6-9,14,17H,1-5,10-12,16H2. The molecule has 1 aliphatic rings. The van der Waals surface area contributed by atoms with Crippen molar-refractivity contribution in [3.8, 4) is 0 Å². The van der Waals surface area contributed by atoms with Gasteiger partial charge in [-0.05, 0) is 30.5 Å². The van der Waals surface area contributed by atoms with Gasteiger partial charge in [0.05, 0.1) is 17.6 Å². The molecule has 0 bridgehead atoms. The van der Waals surface area contributed by atoms with E-state index in [1.165, 1.54) is 19.3 Å². The maximum Gasteiger partial charge on any atom is 0.240 e. The molecule has 0 spiro atoms. The van der Waals surface area contributed by atoms with Crippen LogP contribution in [0.15, 0.2) is 29.2 Å². The van der Waals surface area contributed by atoms with Crippen molar-refractivity contribution in [3.63, 3.8) is 0 Å². The zero-order chi connectivity index (χ0) is 15.1. The summed E-state index contributed by atoms with van der Waals surface area (Å²) in [5.41, 5.74) is 6.41. The van der Waals surface area contributed by atoms with Crippen molar-refractivity contribution < 1.29 is 13.2 Å². The molecule has 0 atom stereocenters. The van der Waals surface area contributed by atoms with Crippen molar-refractivity contribution in [2.24, 2.45) is 5.73 Å². The molecule has 1 saturated carbocycles. The molecule has 0 radical (unpaired) electrons. The Hall–Kier alpha value is -0.950. The Bertz CT molecular complexity index is 522. The van der Waals surface area contributed by atoms with Crippen molar-refractivity contribution in [2.45, 2.75) is 49.6 Å². The van der Waals surface area contributed by atoms with Crippen LogP contribution in [0.4, 0.5) is 0 Å². The summed E-state index contributed by atoms with van der Waals surface area (Å²) >= 11 is 0. The second kappa shape index (κ2) is 7.89. The van der Waals surface area contributed by atoms with Crippen molar-refractivity contribution in [1.82, 2.24) is 4.72 Å². The van der Waals surface area contributed by atoms with Gasteiger partial charge in [-0.25, -0.2) is 13.1 Å². The first-order chi connectivity index (χ1) is 10.1. The third-order valence-corrected chi connectivity index (χ3v) is 5.25. The molecule has 0 aliphatic heterocycles. The molecule has 21 heavy (non-hydrogen) atoms. The first-order valence-electron chi connectivity index (χ1n) is 7.52. The van der Waals surface area contributed by atoms with Gasteiger partial charge < -0.3 is 10.5 Å². The number of ether oxygens (including phenoxy) is 1. The van der Waals surface area contributed by atoms with Crippen LogP contribution in [0, 0.1) is 0 Å². The molecule has 1 fully saturated rings. The molecule has 5 nitrogen and oxygen atoms in total. The van der Waals surface area contributed by atoms with Gasteiger partial charge in [-0.15, -0.1) is 0 Å². The maximum atomic E-state index is 12.1. The molecule has 1 aromatic rings. The zero-order valence-corrected chi connectivity index (χ0v) is 13.1. The molecule has 0 heterocycles. The van der Waals surface area contributed by atoms with E-state index in [0.29, 0.717) is 25.8 Å². The number of rotatable bonds is 7. The van der Waals surface area contributed by atoms with Gasteiger partial charge in [-0.1, -0.05) is 31.4 Å². The van der Waals surface area contributed by atoms with Crippen LogP contribution in [-0.4, -0.2) is 27.7 Å². The predicted molar refractivity (Wildman–Crippen MR) is 82.3 cm³/mol. The number of hydrogen-bond donors (Lipinski definition) is 2. The average molecular weight is 312 g/mol. The van der Waals surface area contributed by atoms with E-state index >= 15 is 0 Å². The molecular weight excluding hydrogens is 288 g/mol. The Morgan fingerprint density at radius 2 is 1.81 bits per heavy atom. The van der Waals surface area contributed by atoms with E-state index in [9.17, 15) is 8.42 Å². The van der Waals surface area contributed by atoms with Gasteiger partial charge in [0.1, 0.15) is 0 Å². The fourth-order valence-corrected chi connectivity index (χ4v) is 3.53. The molecular formula is C15H24N2O3S. The summed E-state index contributed by atoms with van der Waals surface area (Å²) in [6.45, 7) is 1.13. The molecule has 3 N–H and O–H groups in total. The average Bonchev–Trinajstić information content (AvgIpc) is 2.53. The Labute approximate surface area is 126 Å². The Kier molecular flexibility index (Phi) is 6.17. The van der Waals surface area contributed by atoms with Crippen LogP contribution < -0.4 is 10.5 Å². The summed E-state index contributed by atoms with van der Waals surface area (Å²) in [5.74, 6) is 0. The highest BCUT2D eigenvalue weighted by atomic mass is 32.2. The maximum absolute atomic E-state index is 12.1. The summed E-state index contributed by atoms with van der Waals surface area (Å²) < 4.78 is 32.4. The van der Waals surface area contributed by atoms with Gasteiger partial charge >= 0.3 is 0 Å². The number of hydrogen-bond acceptors (Lipinski definition) is 4. The van der Waals surface area contributed by atoms with E-state index in [0.717, 1.165) is 18.4 Å². The van der Waals surface area contributed by atoms with Gasteiger partial charge in [0.25, 0.3) is 0 Å². The van der Waals surface area contributed by atoms with Crippen LogP contribution in [0.5, 0.6) is 0 Å². The largest absolute Gasteiger partial charge is 0.377 e. The normalized spacial score (nSPS) is 17.0. The smallest absolute Gasteiger partial charge is 0.240 e. The van der Waals surface area contributed by atoms with Crippen LogP contribution in [-0.2, 0) is 21.3 Å². The van der Waals surface area contributed by atoms with Gasteiger partial charge in [0, 0.05) is 13.1 Å². The topological polar surface area (TPSA) is 81.4 Å². The molecule has 6 heteroatoms. The van der Waals surface area contributed by atoms with Crippen molar-refractivity contribution in [2.75, 3.05) is 13.2 Å². The number of nitrogens with two attached hydrogens (primary N) is 1. The third-order valence-electron chi connectivity index (χ3n) is 3.77. The van der Waals surface area contributed by atoms with E-state index in [2.05, 4.69) is 4.72 Å². The lowest BCUT2D eigenvalue weighted by molar-refractivity contribution is 0.0321. The van der Waals surface area contributed by atoms with Gasteiger partial charge in [-0.2, -0.15) is 0 Å². The highest BCUT2D eigenvalue weighted by Gasteiger charge is 2.15. The quantitative estimate of drug-likeness (QED) is 0.752. The summed E-state index contributed by atoms with van der Waals surface area (Å²) in [4.78, 5) is 0.261. The lowest BCUT2D eigenvalue weighted by Gasteiger charge is -2.22. The van der Waals surface area contributed by atoms with Gasteiger partial charge in [-0.3, -0.25) is 0 Å². The zero-order valence-electron chi connectivity index (χ0n) is 12.3. The lowest BCUT2D eigenvalue weighted by atomic mass is 9.98. The fraction of sp³-hybridized carbons (Fsp3) is 0.600. The van der Waals surface area contributed by atoms with Crippen molar-refractivity contribution >= 4 is 10.0 Å². The highest BCUT2D eigenvalue weighted by Crippen LogP contribution is 2.20. The Morgan fingerprint density at radius 1 is 1.14 bits per heavy atom. The van der Waals surface area contributed by atoms with E-state index < -0.39 is 10.0 Å². The Morgan fingerprint density at radius 3 is 2.43 bits per heavy atom. The molecule has 2 rings (SSSR count). The van der Waals surface area contributed by atoms with Gasteiger partial charge in [0.2, 0.25) is 10.0 Å².